The molecule has 0 saturated heterocycles. The molecule has 1 fully saturated rings. The van der Waals surface area contributed by atoms with Gasteiger partial charge in [0.2, 0.25) is 0 Å². The Morgan fingerprint density at radius 1 is 1.33 bits per heavy atom. The van der Waals surface area contributed by atoms with E-state index in [4.69, 9.17) is 0 Å². The van der Waals surface area contributed by atoms with E-state index in [0.717, 1.165) is 19.0 Å². The molecule has 1 aliphatic heterocycles. The van der Waals surface area contributed by atoms with Gasteiger partial charge in [0.25, 0.3) is 0 Å². The summed E-state index contributed by atoms with van der Waals surface area (Å²) < 4.78 is 0. The molecule has 0 aromatic carbocycles. The molecule has 1 atom stereocenters. The van der Waals surface area contributed by atoms with Gasteiger partial charge in [0.05, 0.1) is 6.10 Å². The number of nitrogens with one attached hydrogen (secondary N) is 1. The summed E-state index contributed by atoms with van der Waals surface area (Å²) in [5.74, 6) is 0.771. The SMILES string of the molecule is OC1C=C(C2CCCC2)CNC1. The van der Waals surface area contributed by atoms with Crippen molar-refractivity contribution >= 4 is 0 Å². The van der Waals surface area contributed by atoms with Gasteiger partial charge in [0.1, 0.15) is 0 Å². The van der Waals surface area contributed by atoms with Crippen molar-refractivity contribution in [2.24, 2.45) is 5.92 Å². The minimum Gasteiger partial charge on any atom is -0.388 e. The van der Waals surface area contributed by atoms with Gasteiger partial charge in [0.15, 0.2) is 0 Å². The highest BCUT2D eigenvalue weighted by Crippen LogP contribution is 2.31. The van der Waals surface area contributed by atoms with Gasteiger partial charge < -0.3 is 10.4 Å². The Bertz CT molecular complexity index is 182. The van der Waals surface area contributed by atoms with Gasteiger partial charge >= 0.3 is 0 Å². The van der Waals surface area contributed by atoms with Gasteiger partial charge in [-0.15, -0.1) is 0 Å². The molecule has 2 heteroatoms. The van der Waals surface area contributed by atoms with E-state index < -0.39 is 0 Å². The number of aliphatic hydroxyl groups is 1. The van der Waals surface area contributed by atoms with Crippen LogP contribution in [0.15, 0.2) is 11.6 Å². The standard InChI is InChI=1S/C10H17NO/c12-10-5-9(6-11-7-10)8-3-1-2-4-8/h5,8,10-12H,1-4,6-7H2. The summed E-state index contributed by atoms with van der Waals surface area (Å²) in [7, 11) is 0. The summed E-state index contributed by atoms with van der Waals surface area (Å²) in [6.07, 6.45) is 7.23. The van der Waals surface area contributed by atoms with Gasteiger partial charge in [-0.3, -0.25) is 0 Å². The Hall–Kier alpha value is -0.340. The average molecular weight is 167 g/mol. The first-order chi connectivity index (χ1) is 5.86. The molecule has 0 radical (unpaired) electrons. The molecule has 0 bridgehead atoms. The van der Waals surface area contributed by atoms with E-state index in [0.29, 0.717) is 0 Å². The lowest BCUT2D eigenvalue weighted by molar-refractivity contribution is 0.210. The minimum atomic E-state index is -0.241. The van der Waals surface area contributed by atoms with Crippen molar-refractivity contribution in [2.45, 2.75) is 31.8 Å². The zero-order valence-corrected chi connectivity index (χ0v) is 7.42. The zero-order valence-electron chi connectivity index (χ0n) is 7.42. The highest BCUT2D eigenvalue weighted by molar-refractivity contribution is 5.15. The topological polar surface area (TPSA) is 32.3 Å². The molecule has 12 heavy (non-hydrogen) atoms. The lowest BCUT2D eigenvalue weighted by Gasteiger charge is -2.22. The summed E-state index contributed by atoms with van der Waals surface area (Å²) in [6.45, 7) is 1.73. The third-order valence-electron chi connectivity index (χ3n) is 2.97. The van der Waals surface area contributed by atoms with E-state index in [1.54, 1.807) is 0 Å². The van der Waals surface area contributed by atoms with Crippen LogP contribution >= 0.6 is 0 Å². The lowest BCUT2D eigenvalue weighted by Crippen LogP contribution is -2.34. The van der Waals surface area contributed by atoms with Crippen LogP contribution in [0.2, 0.25) is 0 Å². The van der Waals surface area contributed by atoms with Crippen LogP contribution in [0.5, 0.6) is 0 Å². The predicted octanol–water partition coefficient (Wildman–Crippen LogP) is 1.07. The van der Waals surface area contributed by atoms with Gasteiger partial charge in [-0.2, -0.15) is 0 Å². The molecule has 1 saturated carbocycles. The molecule has 0 aromatic heterocycles. The van der Waals surface area contributed by atoms with Crippen LogP contribution in [0.1, 0.15) is 25.7 Å². The fourth-order valence-corrected chi connectivity index (χ4v) is 2.31. The Balaban J connectivity index is 2.01. The van der Waals surface area contributed by atoms with E-state index in [1.807, 2.05) is 0 Å². The third-order valence-corrected chi connectivity index (χ3v) is 2.97. The van der Waals surface area contributed by atoms with Crippen molar-refractivity contribution in [2.75, 3.05) is 13.1 Å². The second kappa shape index (κ2) is 3.58. The molecule has 0 aromatic rings. The van der Waals surface area contributed by atoms with Crippen LogP contribution in [-0.2, 0) is 0 Å². The molecule has 1 unspecified atom stereocenters. The van der Waals surface area contributed by atoms with Crippen molar-refractivity contribution in [1.29, 1.82) is 0 Å². The number of rotatable bonds is 1. The fourth-order valence-electron chi connectivity index (χ4n) is 2.31. The number of β-amino-alcohol motifs (C(OH)–C–C–N with tert-alkyl or cyclic N) is 1. The average Bonchev–Trinajstić information content (AvgIpc) is 2.56. The molecule has 0 spiro atoms. The lowest BCUT2D eigenvalue weighted by atomic mass is 9.94. The van der Waals surface area contributed by atoms with Crippen LogP contribution in [-0.4, -0.2) is 24.3 Å². The maximum Gasteiger partial charge on any atom is 0.0848 e. The first-order valence-electron chi connectivity index (χ1n) is 4.95. The predicted molar refractivity (Wildman–Crippen MR) is 48.9 cm³/mol. The highest BCUT2D eigenvalue weighted by Gasteiger charge is 2.21. The molecule has 2 rings (SSSR count). The normalized spacial score (nSPS) is 32.1. The van der Waals surface area contributed by atoms with Crippen LogP contribution < -0.4 is 5.32 Å². The second-order valence-corrected chi connectivity index (χ2v) is 3.92. The Labute approximate surface area is 73.7 Å². The van der Waals surface area contributed by atoms with Crippen molar-refractivity contribution in [3.8, 4) is 0 Å². The molecule has 2 aliphatic rings. The van der Waals surface area contributed by atoms with Crippen molar-refractivity contribution < 1.29 is 5.11 Å². The number of hydrogen-bond donors (Lipinski definition) is 2. The maximum atomic E-state index is 9.40. The summed E-state index contributed by atoms with van der Waals surface area (Å²) >= 11 is 0. The number of hydrogen-bond acceptors (Lipinski definition) is 2. The monoisotopic (exact) mass is 167 g/mol. The van der Waals surface area contributed by atoms with Gasteiger partial charge in [-0.1, -0.05) is 24.5 Å². The van der Waals surface area contributed by atoms with Crippen molar-refractivity contribution in [3.63, 3.8) is 0 Å². The zero-order chi connectivity index (χ0) is 8.39. The quantitative estimate of drug-likeness (QED) is 0.572. The van der Waals surface area contributed by atoms with E-state index in [-0.39, 0.29) is 6.10 Å². The molecule has 68 valence electrons. The van der Waals surface area contributed by atoms with Gasteiger partial charge in [-0.25, -0.2) is 0 Å². The first-order valence-corrected chi connectivity index (χ1v) is 4.95. The molecule has 2 nitrogen and oxygen atoms in total. The molecule has 2 N–H and O–H groups in total. The third kappa shape index (κ3) is 1.70. The summed E-state index contributed by atoms with van der Waals surface area (Å²) in [6, 6.07) is 0. The van der Waals surface area contributed by atoms with Crippen LogP contribution in [0, 0.1) is 5.92 Å². The molecule has 0 amide bonds. The molecular formula is C10H17NO. The maximum absolute atomic E-state index is 9.40. The Morgan fingerprint density at radius 2 is 2.08 bits per heavy atom. The Morgan fingerprint density at radius 3 is 2.75 bits per heavy atom. The largest absolute Gasteiger partial charge is 0.388 e. The first kappa shape index (κ1) is 8.27. The molecule has 1 aliphatic carbocycles. The Kier molecular flexibility index (Phi) is 2.47. The summed E-state index contributed by atoms with van der Waals surface area (Å²) in [5, 5.41) is 12.6. The van der Waals surface area contributed by atoms with Gasteiger partial charge in [-0.05, 0) is 18.8 Å². The highest BCUT2D eigenvalue weighted by atomic mass is 16.3. The second-order valence-electron chi connectivity index (χ2n) is 3.92. The van der Waals surface area contributed by atoms with Gasteiger partial charge in [0, 0.05) is 13.1 Å². The van der Waals surface area contributed by atoms with Crippen LogP contribution in [0.4, 0.5) is 0 Å². The van der Waals surface area contributed by atoms with E-state index in [9.17, 15) is 5.11 Å². The fraction of sp³-hybridized carbons (Fsp3) is 0.800. The molecular weight excluding hydrogens is 150 g/mol. The van der Waals surface area contributed by atoms with E-state index in [1.165, 1.54) is 31.3 Å². The number of aliphatic hydroxyl groups excluding tert-OH is 1. The van der Waals surface area contributed by atoms with Crippen LogP contribution in [0.25, 0.3) is 0 Å². The van der Waals surface area contributed by atoms with Crippen LogP contribution in [0.3, 0.4) is 0 Å². The molecule has 1 heterocycles. The smallest absolute Gasteiger partial charge is 0.0848 e. The summed E-state index contributed by atoms with van der Waals surface area (Å²) in [4.78, 5) is 0. The van der Waals surface area contributed by atoms with Crippen molar-refractivity contribution in [3.05, 3.63) is 11.6 Å². The van der Waals surface area contributed by atoms with Crippen molar-refractivity contribution in [1.82, 2.24) is 5.32 Å². The van der Waals surface area contributed by atoms with E-state index in [2.05, 4.69) is 11.4 Å². The minimum absolute atomic E-state index is 0.241. The summed E-state index contributed by atoms with van der Waals surface area (Å²) in [5.41, 5.74) is 1.45. The van der Waals surface area contributed by atoms with E-state index >= 15 is 0 Å².